The van der Waals surface area contributed by atoms with Gasteiger partial charge in [0.05, 0.1) is 25.5 Å². The van der Waals surface area contributed by atoms with Crippen molar-refractivity contribution in [2.24, 2.45) is 5.92 Å². The van der Waals surface area contributed by atoms with Crippen molar-refractivity contribution in [1.29, 1.82) is 0 Å². The van der Waals surface area contributed by atoms with Crippen molar-refractivity contribution in [3.05, 3.63) is 41.0 Å². The Morgan fingerprint density at radius 1 is 1.10 bits per heavy atom. The smallest absolute Gasteiger partial charge is 0.241 e. The van der Waals surface area contributed by atoms with Gasteiger partial charge in [0.15, 0.2) is 0 Å². The van der Waals surface area contributed by atoms with Crippen molar-refractivity contribution < 1.29 is 23.0 Å². The molecule has 2 unspecified atom stereocenters. The molecular formula is C20H30FN5O4S. The molecule has 0 fully saturated rings. The molecule has 1 aromatic carbocycles. The molecule has 9 nitrogen and oxygen atoms in total. The van der Waals surface area contributed by atoms with Crippen molar-refractivity contribution in [3.63, 3.8) is 0 Å². The monoisotopic (exact) mass is 455 g/mol. The highest BCUT2D eigenvalue weighted by Crippen LogP contribution is 2.23. The van der Waals surface area contributed by atoms with Crippen LogP contribution in [0.25, 0.3) is 0 Å². The molecular weight excluding hydrogens is 425 g/mol. The van der Waals surface area contributed by atoms with E-state index in [-0.39, 0.29) is 36.0 Å². The number of benzene rings is 1. The van der Waals surface area contributed by atoms with E-state index >= 15 is 0 Å². The van der Waals surface area contributed by atoms with Gasteiger partial charge in [-0.3, -0.25) is 4.72 Å². The van der Waals surface area contributed by atoms with Crippen molar-refractivity contribution in [1.82, 2.24) is 15.0 Å². The third-order valence-electron chi connectivity index (χ3n) is 4.57. The number of nitrogens with zero attached hydrogens (tertiary/aromatic N) is 3. The van der Waals surface area contributed by atoms with E-state index in [0.717, 1.165) is 11.8 Å². The van der Waals surface area contributed by atoms with Crippen LogP contribution in [0, 0.1) is 11.7 Å². The van der Waals surface area contributed by atoms with E-state index in [1.807, 2.05) is 20.8 Å². The van der Waals surface area contributed by atoms with Crippen LogP contribution in [-0.4, -0.2) is 52.5 Å². The van der Waals surface area contributed by atoms with Gasteiger partial charge in [-0.25, -0.2) is 12.8 Å². The van der Waals surface area contributed by atoms with Gasteiger partial charge in [-0.15, -0.1) is 0 Å². The van der Waals surface area contributed by atoms with Gasteiger partial charge in [-0.05, 0) is 29.9 Å². The highest BCUT2D eigenvalue weighted by atomic mass is 32.2. The third-order valence-corrected chi connectivity index (χ3v) is 5.12. The highest BCUT2D eigenvalue weighted by Gasteiger charge is 2.17. The van der Waals surface area contributed by atoms with Gasteiger partial charge in [0.1, 0.15) is 11.6 Å². The lowest BCUT2D eigenvalue weighted by atomic mass is 9.95. The summed E-state index contributed by atoms with van der Waals surface area (Å²) < 4.78 is 39.3. The summed E-state index contributed by atoms with van der Waals surface area (Å²) in [4.78, 5) is 12.7. The molecule has 11 heteroatoms. The van der Waals surface area contributed by atoms with Crippen molar-refractivity contribution in [2.45, 2.75) is 52.2 Å². The van der Waals surface area contributed by atoms with E-state index < -0.39 is 22.4 Å². The molecule has 2 rings (SSSR count). The lowest BCUT2D eigenvalue weighted by molar-refractivity contribution is 0.259. The van der Waals surface area contributed by atoms with Crippen LogP contribution in [0.2, 0.25) is 0 Å². The molecule has 0 aliphatic rings. The number of aromatic nitrogens is 3. The van der Waals surface area contributed by atoms with Gasteiger partial charge in [-0.1, -0.05) is 32.9 Å². The van der Waals surface area contributed by atoms with Gasteiger partial charge < -0.3 is 15.5 Å². The van der Waals surface area contributed by atoms with Crippen LogP contribution in [0.15, 0.2) is 18.2 Å². The molecule has 4 N–H and O–H groups in total. The molecule has 2 atom stereocenters. The summed E-state index contributed by atoms with van der Waals surface area (Å²) in [6.07, 6.45) is 1.98. The fraction of sp³-hybridized carbons (Fsp3) is 0.550. The lowest BCUT2D eigenvalue weighted by Gasteiger charge is -2.19. The Balaban J connectivity index is 2.32. The van der Waals surface area contributed by atoms with Crippen molar-refractivity contribution >= 4 is 21.9 Å². The van der Waals surface area contributed by atoms with E-state index in [0.29, 0.717) is 24.6 Å². The van der Waals surface area contributed by atoms with Crippen LogP contribution in [0.1, 0.15) is 50.1 Å². The normalized spacial score (nSPS) is 13.8. The highest BCUT2D eigenvalue weighted by molar-refractivity contribution is 7.91. The first-order valence-electron chi connectivity index (χ1n) is 10.00. The van der Waals surface area contributed by atoms with Crippen LogP contribution >= 0.6 is 0 Å². The minimum Gasteiger partial charge on any atom is -0.394 e. The zero-order valence-electron chi connectivity index (χ0n) is 18.1. The Labute approximate surface area is 182 Å². The summed E-state index contributed by atoms with van der Waals surface area (Å²) >= 11 is 0. The summed E-state index contributed by atoms with van der Waals surface area (Å²) in [5.41, 5.74) is 0.979. The zero-order valence-corrected chi connectivity index (χ0v) is 18.9. The molecule has 0 radical (unpaired) electrons. The number of sulfonamides is 1. The average Bonchev–Trinajstić information content (AvgIpc) is 2.65. The molecule has 0 aliphatic heterocycles. The standard InChI is InChI=1S/C20H30FN5O4S/c1-12(2)7-16(11-28)22-19-23-18(24-20(25-19)26-31(4,29)30)8-13(3)14-5-6-17(21)15(9-14)10-27/h5-6,9,12-13,16,27-28H,7-8,10-11H2,1-4H3,(H2,22,23,24,25,26). The Kier molecular flexibility index (Phi) is 8.66. The summed E-state index contributed by atoms with van der Waals surface area (Å²) in [6, 6.07) is 4.20. The molecule has 1 aromatic heterocycles. The van der Waals surface area contributed by atoms with E-state index in [2.05, 4.69) is 25.0 Å². The van der Waals surface area contributed by atoms with Gasteiger partial charge in [0, 0.05) is 12.0 Å². The van der Waals surface area contributed by atoms with Gasteiger partial charge in [-0.2, -0.15) is 15.0 Å². The topological polar surface area (TPSA) is 137 Å². The molecule has 0 bridgehead atoms. The number of hydrogen-bond acceptors (Lipinski definition) is 8. The summed E-state index contributed by atoms with van der Waals surface area (Å²) in [7, 11) is -3.61. The third kappa shape index (κ3) is 8.00. The first-order valence-corrected chi connectivity index (χ1v) is 11.9. The number of rotatable bonds is 11. The SMILES string of the molecule is CC(C)CC(CO)Nc1nc(CC(C)c2ccc(F)c(CO)c2)nc(NS(C)(=O)=O)n1. The fourth-order valence-electron chi connectivity index (χ4n) is 3.13. The molecule has 172 valence electrons. The van der Waals surface area contributed by atoms with E-state index in [1.165, 1.54) is 6.07 Å². The summed E-state index contributed by atoms with van der Waals surface area (Å²) in [5.74, 6) is 0.0457. The van der Waals surface area contributed by atoms with Crippen molar-refractivity contribution in [2.75, 3.05) is 22.9 Å². The molecule has 2 aromatic rings. The van der Waals surface area contributed by atoms with E-state index in [4.69, 9.17) is 0 Å². The zero-order chi connectivity index (χ0) is 23.2. The summed E-state index contributed by atoms with van der Waals surface area (Å²) in [6.45, 7) is 5.39. The van der Waals surface area contributed by atoms with Crippen molar-refractivity contribution in [3.8, 4) is 0 Å². The first-order chi connectivity index (χ1) is 14.5. The van der Waals surface area contributed by atoms with E-state index in [9.17, 15) is 23.0 Å². The largest absolute Gasteiger partial charge is 0.394 e. The van der Waals surface area contributed by atoms with Gasteiger partial charge >= 0.3 is 0 Å². The second kappa shape index (κ2) is 10.8. The Bertz CT molecular complexity index is 988. The predicted octanol–water partition coefficient (Wildman–Crippen LogP) is 2.04. The molecule has 0 amide bonds. The maximum absolute atomic E-state index is 13.7. The quantitative estimate of drug-likeness (QED) is 0.404. The number of halogens is 1. The van der Waals surface area contributed by atoms with Crippen LogP contribution in [0.3, 0.4) is 0 Å². The fourth-order valence-corrected chi connectivity index (χ4v) is 3.55. The summed E-state index contributed by atoms with van der Waals surface area (Å²) in [5, 5.41) is 22.0. The number of aliphatic hydroxyl groups is 2. The molecule has 0 aliphatic carbocycles. The average molecular weight is 456 g/mol. The van der Waals surface area contributed by atoms with Crippen LogP contribution in [0.4, 0.5) is 16.3 Å². The molecule has 0 saturated carbocycles. The molecule has 0 spiro atoms. The number of anilines is 2. The Hall–Kier alpha value is -2.37. The first kappa shape index (κ1) is 24.9. The maximum Gasteiger partial charge on any atom is 0.241 e. The number of nitrogens with one attached hydrogen (secondary N) is 2. The Morgan fingerprint density at radius 3 is 2.35 bits per heavy atom. The van der Waals surface area contributed by atoms with Gasteiger partial charge in [0.25, 0.3) is 0 Å². The Morgan fingerprint density at radius 2 is 1.77 bits per heavy atom. The number of aliphatic hydroxyl groups excluding tert-OH is 2. The predicted molar refractivity (Wildman–Crippen MR) is 117 cm³/mol. The van der Waals surface area contributed by atoms with E-state index in [1.54, 1.807) is 12.1 Å². The minimum atomic E-state index is -3.61. The molecule has 31 heavy (non-hydrogen) atoms. The second-order valence-electron chi connectivity index (χ2n) is 8.04. The van der Waals surface area contributed by atoms with Gasteiger partial charge in [0.2, 0.25) is 21.9 Å². The minimum absolute atomic E-state index is 0.126. The maximum atomic E-state index is 13.7. The number of hydrogen-bond donors (Lipinski definition) is 4. The van der Waals surface area contributed by atoms with Crippen LogP contribution in [-0.2, 0) is 23.1 Å². The van der Waals surface area contributed by atoms with Crippen LogP contribution < -0.4 is 10.0 Å². The molecule has 0 saturated heterocycles. The van der Waals surface area contributed by atoms with Crippen LogP contribution in [0.5, 0.6) is 0 Å². The lowest BCUT2D eigenvalue weighted by Crippen LogP contribution is -2.27. The second-order valence-corrected chi connectivity index (χ2v) is 9.79. The molecule has 1 heterocycles.